The Bertz CT molecular complexity index is 400. The monoisotopic (exact) mass is 206 g/mol. The van der Waals surface area contributed by atoms with E-state index < -0.39 is 0 Å². The molecule has 0 spiro atoms. The van der Waals surface area contributed by atoms with Crippen molar-refractivity contribution in [1.29, 1.82) is 0 Å². The summed E-state index contributed by atoms with van der Waals surface area (Å²) in [7, 11) is 0. The quantitative estimate of drug-likeness (QED) is 0.837. The summed E-state index contributed by atoms with van der Waals surface area (Å²) in [5.41, 5.74) is 6.72. The molecule has 0 aliphatic heterocycles. The molecule has 0 amide bonds. The minimum absolute atomic E-state index is 0.532. The van der Waals surface area contributed by atoms with Crippen LogP contribution in [0.2, 0.25) is 0 Å². The second-order valence-electron chi connectivity index (χ2n) is 2.71. The Morgan fingerprint density at radius 1 is 1.36 bits per heavy atom. The van der Waals surface area contributed by atoms with E-state index in [1.807, 2.05) is 24.3 Å². The maximum absolute atomic E-state index is 5.62. The van der Waals surface area contributed by atoms with E-state index in [4.69, 9.17) is 10.2 Å². The first kappa shape index (κ1) is 9.30. The number of aromatic nitrogens is 1. The van der Waals surface area contributed by atoms with Crippen molar-refractivity contribution >= 4 is 11.8 Å². The molecule has 2 N–H and O–H groups in total. The van der Waals surface area contributed by atoms with Gasteiger partial charge in [-0.2, -0.15) is 0 Å². The molecular formula is C10H10N2OS. The van der Waals surface area contributed by atoms with Crippen LogP contribution in [0.3, 0.4) is 0 Å². The van der Waals surface area contributed by atoms with Gasteiger partial charge >= 0.3 is 0 Å². The minimum atomic E-state index is 0.532. The fraction of sp³-hybridized carbons (Fsp3) is 0.100. The highest BCUT2D eigenvalue weighted by atomic mass is 32.2. The Balaban J connectivity index is 2.24. The molecule has 0 saturated heterocycles. The van der Waals surface area contributed by atoms with Crippen LogP contribution in [-0.2, 0) is 6.54 Å². The summed E-state index contributed by atoms with van der Waals surface area (Å²) in [6, 6.07) is 7.97. The Morgan fingerprint density at radius 2 is 2.21 bits per heavy atom. The van der Waals surface area contributed by atoms with Gasteiger partial charge in [-0.3, -0.25) is 0 Å². The Morgan fingerprint density at radius 3 is 2.93 bits per heavy atom. The van der Waals surface area contributed by atoms with E-state index >= 15 is 0 Å². The topological polar surface area (TPSA) is 52.0 Å². The molecule has 72 valence electrons. The Kier molecular flexibility index (Phi) is 2.86. The van der Waals surface area contributed by atoms with Gasteiger partial charge in [0.25, 0.3) is 5.22 Å². The third-order valence-electron chi connectivity index (χ3n) is 1.80. The van der Waals surface area contributed by atoms with Gasteiger partial charge in [0.05, 0.1) is 6.20 Å². The summed E-state index contributed by atoms with van der Waals surface area (Å²) in [5.74, 6) is 0. The van der Waals surface area contributed by atoms with E-state index in [0.29, 0.717) is 11.8 Å². The molecule has 0 unspecified atom stereocenters. The number of hydrogen-bond acceptors (Lipinski definition) is 4. The smallest absolute Gasteiger partial charge is 0.260 e. The van der Waals surface area contributed by atoms with Gasteiger partial charge < -0.3 is 10.2 Å². The molecule has 1 heterocycles. The first-order valence-electron chi connectivity index (χ1n) is 4.25. The average Bonchev–Trinajstić information content (AvgIpc) is 2.71. The average molecular weight is 206 g/mol. The number of benzene rings is 1. The summed E-state index contributed by atoms with van der Waals surface area (Å²) < 4.78 is 5.15. The summed E-state index contributed by atoms with van der Waals surface area (Å²) in [4.78, 5) is 5.14. The highest BCUT2D eigenvalue weighted by Gasteiger charge is 2.04. The zero-order valence-electron chi connectivity index (χ0n) is 7.51. The third kappa shape index (κ3) is 1.97. The first-order valence-corrected chi connectivity index (χ1v) is 5.07. The molecule has 0 radical (unpaired) electrons. The van der Waals surface area contributed by atoms with Crippen LogP contribution in [0.25, 0.3) is 0 Å². The zero-order chi connectivity index (χ0) is 9.80. The number of nitrogens with zero attached hydrogens (tertiary/aromatic N) is 1. The van der Waals surface area contributed by atoms with Crippen molar-refractivity contribution in [2.24, 2.45) is 5.73 Å². The second kappa shape index (κ2) is 4.30. The molecule has 3 nitrogen and oxygen atoms in total. The molecular weight excluding hydrogens is 196 g/mol. The van der Waals surface area contributed by atoms with Crippen molar-refractivity contribution in [2.75, 3.05) is 0 Å². The van der Waals surface area contributed by atoms with Gasteiger partial charge in [0.15, 0.2) is 0 Å². The number of nitrogens with two attached hydrogens (primary N) is 1. The van der Waals surface area contributed by atoms with E-state index in [2.05, 4.69) is 4.98 Å². The molecule has 2 rings (SSSR count). The molecule has 4 heteroatoms. The summed E-state index contributed by atoms with van der Waals surface area (Å²) in [5, 5.41) is 0.644. The predicted octanol–water partition coefficient (Wildman–Crippen LogP) is 2.28. The van der Waals surface area contributed by atoms with Crippen molar-refractivity contribution in [2.45, 2.75) is 16.7 Å². The van der Waals surface area contributed by atoms with Crippen LogP contribution in [0.4, 0.5) is 0 Å². The van der Waals surface area contributed by atoms with E-state index in [0.717, 1.165) is 10.5 Å². The van der Waals surface area contributed by atoms with Crippen molar-refractivity contribution in [3.8, 4) is 0 Å². The molecule has 2 aromatic rings. The van der Waals surface area contributed by atoms with Crippen molar-refractivity contribution in [1.82, 2.24) is 4.98 Å². The van der Waals surface area contributed by atoms with Crippen LogP contribution < -0.4 is 5.73 Å². The molecule has 0 aliphatic carbocycles. The SMILES string of the molecule is NCc1ccccc1Sc1ncco1. The number of hydrogen-bond donors (Lipinski definition) is 1. The van der Waals surface area contributed by atoms with Gasteiger partial charge in [-0.15, -0.1) is 0 Å². The van der Waals surface area contributed by atoms with E-state index in [1.165, 1.54) is 11.8 Å². The van der Waals surface area contributed by atoms with Gasteiger partial charge in [-0.05, 0) is 23.4 Å². The third-order valence-corrected chi connectivity index (χ3v) is 2.79. The molecule has 14 heavy (non-hydrogen) atoms. The van der Waals surface area contributed by atoms with Crippen molar-refractivity contribution in [3.63, 3.8) is 0 Å². The fourth-order valence-electron chi connectivity index (χ4n) is 1.13. The lowest BCUT2D eigenvalue weighted by atomic mass is 10.2. The van der Waals surface area contributed by atoms with Crippen LogP contribution in [0.1, 0.15) is 5.56 Å². The van der Waals surface area contributed by atoms with Gasteiger partial charge in [-0.1, -0.05) is 18.2 Å². The maximum Gasteiger partial charge on any atom is 0.260 e. The maximum atomic E-state index is 5.62. The van der Waals surface area contributed by atoms with Crippen LogP contribution >= 0.6 is 11.8 Å². The van der Waals surface area contributed by atoms with Crippen molar-refractivity contribution in [3.05, 3.63) is 42.3 Å². The van der Waals surface area contributed by atoms with Crippen LogP contribution in [0.5, 0.6) is 0 Å². The largest absolute Gasteiger partial charge is 0.440 e. The van der Waals surface area contributed by atoms with Crippen LogP contribution in [-0.4, -0.2) is 4.98 Å². The number of oxazole rings is 1. The van der Waals surface area contributed by atoms with Gasteiger partial charge in [0.2, 0.25) is 0 Å². The minimum Gasteiger partial charge on any atom is -0.440 e. The predicted molar refractivity (Wildman–Crippen MR) is 55.0 cm³/mol. The lowest BCUT2D eigenvalue weighted by molar-refractivity contribution is 0.454. The molecule has 0 saturated carbocycles. The number of rotatable bonds is 3. The van der Waals surface area contributed by atoms with Gasteiger partial charge in [-0.25, -0.2) is 4.98 Å². The second-order valence-corrected chi connectivity index (χ2v) is 3.71. The van der Waals surface area contributed by atoms with E-state index in [1.54, 1.807) is 12.5 Å². The van der Waals surface area contributed by atoms with Crippen molar-refractivity contribution < 1.29 is 4.42 Å². The fourth-order valence-corrected chi connectivity index (χ4v) is 1.96. The van der Waals surface area contributed by atoms with Crippen LogP contribution in [0.15, 0.2) is 51.3 Å². The van der Waals surface area contributed by atoms with Crippen LogP contribution in [0, 0.1) is 0 Å². The zero-order valence-corrected chi connectivity index (χ0v) is 8.33. The highest BCUT2D eigenvalue weighted by Crippen LogP contribution is 2.28. The normalized spacial score (nSPS) is 10.4. The van der Waals surface area contributed by atoms with E-state index in [9.17, 15) is 0 Å². The summed E-state index contributed by atoms with van der Waals surface area (Å²) in [6.45, 7) is 0.532. The molecule has 0 bridgehead atoms. The van der Waals surface area contributed by atoms with Gasteiger partial charge in [0.1, 0.15) is 6.26 Å². The molecule has 1 aromatic heterocycles. The molecule has 0 fully saturated rings. The first-order chi connectivity index (χ1) is 6.90. The molecule has 1 aromatic carbocycles. The highest BCUT2D eigenvalue weighted by molar-refractivity contribution is 7.99. The lowest BCUT2D eigenvalue weighted by Gasteiger charge is -2.03. The molecule has 0 atom stereocenters. The standard InChI is InChI=1S/C10H10N2OS/c11-7-8-3-1-2-4-9(8)14-10-12-5-6-13-10/h1-6H,7,11H2. The summed E-state index contributed by atoms with van der Waals surface area (Å²) in [6.07, 6.45) is 3.20. The molecule has 0 aliphatic rings. The Hall–Kier alpha value is -1.26. The Labute approximate surface area is 86.3 Å². The van der Waals surface area contributed by atoms with E-state index in [-0.39, 0.29) is 0 Å². The summed E-state index contributed by atoms with van der Waals surface area (Å²) >= 11 is 1.49. The van der Waals surface area contributed by atoms with Gasteiger partial charge in [0, 0.05) is 11.4 Å². The lowest BCUT2D eigenvalue weighted by Crippen LogP contribution is -1.97.